The molecule has 0 fully saturated rings. The van der Waals surface area contributed by atoms with Gasteiger partial charge in [0, 0.05) is 16.5 Å². The summed E-state index contributed by atoms with van der Waals surface area (Å²) >= 11 is 12.7. The van der Waals surface area contributed by atoms with Crippen LogP contribution < -0.4 is 9.47 Å². The lowest BCUT2D eigenvalue weighted by Crippen LogP contribution is -2.31. The number of halogens is 2. The van der Waals surface area contributed by atoms with Gasteiger partial charge in [0.05, 0.1) is 29.5 Å². The van der Waals surface area contributed by atoms with Gasteiger partial charge in [0.25, 0.3) is 0 Å². The zero-order valence-corrected chi connectivity index (χ0v) is 19.4. The van der Waals surface area contributed by atoms with Crippen LogP contribution in [0.4, 0.5) is 0 Å². The van der Waals surface area contributed by atoms with Gasteiger partial charge in [0.1, 0.15) is 11.7 Å². The summed E-state index contributed by atoms with van der Waals surface area (Å²) in [6.45, 7) is 4.36. The maximum atomic E-state index is 9.93. The summed E-state index contributed by atoms with van der Waals surface area (Å²) in [6.07, 6.45) is 0.985. The number of rotatable bonds is 5. The van der Waals surface area contributed by atoms with Gasteiger partial charge in [-0.1, -0.05) is 61.3 Å². The van der Waals surface area contributed by atoms with Crippen LogP contribution in [0, 0.1) is 28.6 Å². The van der Waals surface area contributed by atoms with Crippen molar-refractivity contribution in [3.05, 3.63) is 63.1 Å². The lowest BCUT2D eigenvalue weighted by molar-refractivity contribution is 0.396. The number of ether oxygens (including phenoxy) is 2. The maximum absolute atomic E-state index is 9.93. The van der Waals surface area contributed by atoms with Gasteiger partial charge in [0.2, 0.25) is 11.8 Å². The first-order valence-electron chi connectivity index (χ1n) is 10.2. The number of benzene rings is 2. The average Bonchev–Trinajstić information content (AvgIpc) is 3.15. The molecule has 2 atom stereocenters. The number of hydrogen-bond acceptors (Lipinski definition) is 5. The van der Waals surface area contributed by atoms with Gasteiger partial charge in [-0.25, -0.2) is 0 Å². The van der Waals surface area contributed by atoms with Crippen LogP contribution in [0.2, 0.25) is 10.0 Å². The maximum Gasteiger partial charge on any atom is 0.244 e. The minimum atomic E-state index is -0.900. The highest BCUT2D eigenvalue weighted by atomic mass is 35.5. The molecule has 2 N–H and O–H groups in total. The van der Waals surface area contributed by atoms with Crippen molar-refractivity contribution < 1.29 is 9.47 Å². The highest BCUT2D eigenvalue weighted by Gasteiger charge is 2.42. The van der Waals surface area contributed by atoms with E-state index in [-0.39, 0.29) is 11.8 Å². The molecule has 0 saturated heterocycles. The van der Waals surface area contributed by atoms with Crippen molar-refractivity contribution in [3.8, 4) is 29.0 Å². The Morgan fingerprint density at radius 1 is 1.25 bits per heavy atom. The fourth-order valence-corrected chi connectivity index (χ4v) is 4.77. The Balaban J connectivity index is 1.90. The van der Waals surface area contributed by atoms with Crippen molar-refractivity contribution in [2.75, 3.05) is 7.11 Å². The molecule has 32 heavy (non-hydrogen) atoms. The van der Waals surface area contributed by atoms with Crippen LogP contribution in [0.5, 0.6) is 11.6 Å². The van der Waals surface area contributed by atoms with Crippen LogP contribution in [0.25, 0.3) is 11.3 Å². The largest absolute Gasteiger partial charge is 0.495 e. The van der Waals surface area contributed by atoms with E-state index in [9.17, 15) is 5.26 Å². The minimum absolute atomic E-state index is 0.187. The number of methoxy groups -OCH3 is 1. The molecule has 2 unspecified atom stereocenters. The predicted octanol–water partition coefficient (Wildman–Crippen LogP) is 6.23. The van der Waals surface area contributed by atoms with Gasteiger partial charge in [-0.15, -0.1) is 5.10 Å². The van der Waals surface area contributed by atoms with Crippen molar-refractivity contribution in [3.63, 3.8) is 0 Å². The molecule has 1 aromatic heterocycles. The Kier molecular flexibility index (Phi) is 6.14. The van der Waals surface area contributed by atoms with Crippen molar-refractivity contribution in [1.29, 1.82) is 10.7 Å². The first-order valence-corrected chi connectivity index (χ1v) is 11.0. The third kappa shape index (κ3) is 3.94. The molecular formula is C24H22Cl2N4O2. The normalized spacial score (nSPS) is 17.6. The molecule has 2 heterocycles. The van der Waals surface area contributed by atoms with Gasteiger partial charge in [0.15, 0.2) is 0 Å². The van der Waals surface area contributed by atoms with Gasteiger partial charge >= 0.3 is 0 Å². The monoisotopic (exact) mass is 468 g/mol. The van der Waals surface area contributed by atoms with Crippen LogP contribution in [-0.4, -0.2) is 23.2 Å². The standard InChI is InChI=1S/C24H22Cl2N4O2/c1-12(2)8-13-4-6-14(7-5-13)21-20-19(16-9-15(25)10-18(26)22(16)31-3)17(11-27)23(28)32-24(20)30-29-21/h4-7,9-10,12,17,19,28H,8H2,1-3H3,(H,29,30). The molecular weight excluding hydrogens is 447 g/mol. The third-order valence-corrected chi connectivity index (χ3v) is 6.00. The topological polar surface area (TPSA) is 94.8 Å². The molecule has 8 heteroatoms. The summed E-state index contributed by atoms with van der Waals surface area (Å²) < 4.78 is 11.2. The number of nitriles is 1. The van der Waals surface area contributed by atoms with Gasteiger partial charge in [-0.3, -0.25) is 10.5 Å². The van der Waals surface area contributed by atoms with Gasteiger partial charge in [-0.05, 0) is 35.6 Å². The van der Waals surface area contributed by atoms with Crippen LogP contribution >= 0.6 is 23.2 Å². The number of aromatic nitrogens is 2. The highest BCUT2D eigenvalue weighted by Crippen LogP contribution is 2.49. The fraction of sp³-hybridized carbons (Fsp3) is 0.292. The van der Waals surface area contributed by atoms with Crippen LogP contribution in [0.3, 0.4) is 0 Å². The molecule has 2 aromatic carbocycles. The molecule has 6 nitrogen and oxygen atoms in total. The van der Waals surface area contributed by atoms with Crippen LogP contribution in [0.15, 0.2) is 36.4 Å². The van der Waals surface area contributed by atoms with E-state index in [0.29, 0.717) is 38.5 Å². The Labute approximate surface area is 196 Å². The molecule has 1 aliphatic heterocycles. The molecule has 3 aromatic rings. The van der Waals surface area contributed by atoms with E-state index in [1.807, 2.05) is 12.1 Å². The summed E-state index contributed by atoms with van der Waals surface area (Å²) in [6, 6.07) is 13.7. The number of fused-ring (bicyclic) bond motifs is 1. The second kappa shape index (κ2) is 8.85. The molecule has 0 bridgehead atoms. The smallest absolute Gasteiger partial charge is 0.244 e. The van der Waals surface area contributed by atoms with Crippen molar-refractivity contribution >= 4 is 29.1 Å². The minimum Gasteiger partial charge on any atom is -0.495 e. The molecule has 0 radical (unpaired) electrons. The van der Waals surface area contributed by atoms with E-state index < -0.39 is 11.8 Å². The van der Waals surface area contributed by atoms with E-state index in [0.717, 1.165) is 12.0 Å². The Morgan fingerprint density at radius 3 is 2.59 bits per heavy atom. The lowest BCUT2D eigenvalue weighted by atomic mass is 9.78. The third-order valence-electron chi connectivity index (χ3n) is 5.50. The predicted molar refractivity (Wildman–Crippen MR) is 125 cm³/mol. The average molecular weight is 469 g/mol. The number of H-pyrrole nitrogens is 1. The quantitative estimate of drug-likeness (QED) is 0.463. The summed E-state index contributed by atoms with van der Waals surface area (Å²) in [5.41, 5.74) is 4.12. The van der Waals surface area contributed by atoms with Crippen molar-refractivity contribution in [2.45, 2.75) is 26.2 Å². The highest BCUT2D eigenvalue weighted by molar-refractivity contribution is 6.35. The first kappa shape index (κ1) is 22.2. The Hall–Kier alpha value is -3.01. The molecule has 0 aliphatic carbocycles. The summed E-state index contributed by atoms with van der Waals surface area (Å²) in [4.78, 5) is 0. The second-order valence-corrected chi connectivity index (χ2v) is 9.02. The summed E-state index contributed by atoms with van der Waals surface area (Å²) in [5.74, 6) is -0.476. The fourth-order valence-electron chi connectivity index (χ4n) is 4.18. The molecule has 164 valence electrons. The van der Waals surface area contributed by atoms with Crippen LogP contribution in [-0.2, 0) is 6.42 Å². The van der Waals surface area contributed by atoms with Gasteiger partial charge in [-0.2, -0.15) is 5.26 Å². The lowest BCUT2D eigenvalue weighted by Gasteiger charge is -2.29. The number of hydrogen-bond donors (Lipinski definition) is 2. The second-order valence-electron chi connectivity index (χ2n) is 8.17. The zero-order chi connectivity index (χ0) is 23.0. The molecule has 0 amide bonds. The van der Waals surface area contributed by atoms with E-state index in [2.05, 4.69) is 42.2 Å². The van der Waals surface area contributed by atoms with E-state index >= 15 is 0 Å². The SMILES string of the molecule is COc1c(Cl)cc(Cl)cc1C1c2c(n[nH]c2-c2ccc(CC(C)C)cc2)OC(=N)C1C#N. The molecule has 0 spiro atoms. The number of nitrogens with zero attached hydrogens (tertiary/aromatic N) is 2. The van der Waals surface area contributed by atoms with Crippen LogP contribution in [0.1, 0.15) is 36.5 Å². The molecule has 1 aliphatic rings. The van der Waals surface area contributed by atoms with E-state index in [1.165, 1.54) is 12.7 Å². The number of nitrogens with one attached hydrogen (secondary N) is 2. The van der Waals surface area contributed by atoms with E-state index in [4.69, 9.17) is 38.1 Å². The van der Waals surface area contributed by atoms with E-state index in [1.54, 1.807) is 12.1 Å². The van der Waals surface area contributed by atoms with Gasteiger partial charge < -0.3 is 9.47 Å². The molecule has 0 saturated carbocycles. The Morgan fingerprint density at radius 2 is 1.97 bits per heavy atom. The number of aromatic amines is 1. The molecule has 4 rings (SSSR count). The van der Waals surface area contributed by atoms with Crippen molar-refractivity contribution in [2.24, 2.45) is 11.8 Å². The summed E-state index contributed by atoms with van der Waals surface area (Å²) in [7, 11) is 1.51. The Bertz CT molecular complexity index is 1210. The summed E-state index contributed by atoms with van der Waals surface area (Å²) in [5, 5.41) is 26.3. The zero-order valence-electron chi connectivity index (χ0n) is 17.9. The first-order chi connectivity index (χ1) is 15.3. The van der Waals surface area contributed by atoms with Crippen molar-refractivity contribution in [1.82, 2.24) is 10.2 Å².